The van der Waals surface area contributed by atoms with Crippen molar-refractivity contribution >= 4 is 57.1 Å². The van der Waals surface area contributed by atoms with E-state index in [4.69, 9.17) is 9.97 Å². The largest absolute Gasteiger partial charge is 0.339 e. The molecule has 254 valence electrons. The van der Waals surface area contributed by atoms with Gasteiger partial charge in [-0.15, -0.1) is 0 Å². The quantitative estimate of drug-likeness (QED) is 0.149. The van der Waals surface area contributed by atoms with E-state index in [1.807, 2.05) is 34.1 Å². The van der Waals surface area contributed by atoms with E-state index in [0.29, 0.717) is 32.1 Å². The number of likely N-dealkylation sites (tertiary alicyclic amines) is 2. The molecule has 0 bridgehead atoms. The summed E-state index contributed by atoms with van der Waals surface area (Å²) in [5.74, 6) is 0.463. The summed E-state index contributed by atoms with van der Waals surface area (Å²) in [4.78, 5) is 68.2. The number of fused-ring (bicyclic) bond motifs is 2. The molecule has 0 spiro atoms. The van der Waals surface area contributed by atoms with Gasteiger partial charge < -0.3 is 9.80 Å². The molecule has 2 amide bonds. The smallest absolute Gasteiger partial charge is 0.262 e. The van der Waals surface area contributed by atoms with Crippen LogP contribution in [0, 0.1) is 0 Å². The number of rotatable bonds is 11. The fourth-order valence-corrected chi connectivity index (χ4v) is 8.86. The summed E-state index contributed by atoms with van der Waals surface area (Å²) in [7, 11) is 0. The number of nitrogens with zero attached hydrogens (tertiary/aromatic N) is 6. The van der Waals surface area contributed by atoms with Gasteiger partial charge >= 0.3 is 0 Å². The molecule has 0 saturated carbocycles. The third-order valence-electron chi connectivity index (χ3n) is 9.69. The van der Waals surface area contributed by atoms with Crippen molar-refractivity contribution in [2.45, 2.75) is 101 Å². The van der Waals surface area contributed by atoms with Crippen LogP contribution in [0.4, 0.5) is 0 Å². The number of hydrogen-bond donors (Lipinski definition) is 0. The second-order valence-electron chi connectivity index (χ2n) is 12.6. The fraction of sp³-hybridized carbons (Fsp3) is 0.500. The molecule has 2 aliphatic rings. The molecule has 0 aliphatic carbocycles. The van der Waals surface area contributed by atoms with Crippen LogP contribution in [0.15, 0.2) is 68.4 Å². The Labute approximate surface area is 289 Å². The van der Waals surface area contributed by atoms with E-state index >= 15 is 0 Å². The maximum Gasteiger partial charge on any atom is 0.262 e. The maximum atomic E-state index is 13.9. The van der Waals surface area contributed by atoms with Gasteiger partial charge in [-0.1, -0.05) is 61.6 Å². The van der Waals surface area contributed by atoms with Crippen molar-refractivity contribution in [2.75, 3.05) is 24.6 Å². The summed E-state index contributed by atoms with van der Waals surface area (Å²) in [6, 6.07) is 14.9. The minimum atomic E-state index is -0.221. The molecule has 4 aromatic rings. The molecule has 2 saturated heterocycles. The van der Waals surface area contributed by atoms with Crippen LogP contribution in [0.3, 0.4) is 0 Å². The van der Waals surface area contributed by atoms with Gasteiger partial charge in [-0.05, 0) is 75.6 Å². The van der Waals surface area contributed by atoms with Crippen LogP contribution < -0.4 is 11.1 Å². The molecule has 10 nitrogen and oxygen atoms in total. The van der Waals surface area contributed by atoms with Gasteiger partial charge in [-0.2, -0.15) is 0 Å². The lowest BCUT2D eigenvalue weighted by Gasteiger charge is -2.35. The molecule has 2 aromatic heterocycles. The van der Waals surface area contributed by atoms with E-state index in [1.165, 1.54) is 23.5 Å². The summed E-state index contributed by atoms with van der Waals surface area (Å²) in [6.45, 7) is 6.06. The van der Waals surface area contributed by atoms with Gasteiger partial charge in [0.25, 0.3) is 11.1 Å². The standard InChI is InChI=1S/C36H44N6O4S2/c1-3-25-13-9-11-19-39(25)31(43)23-47-35-37-29-17-7-5-15-27(29)33(45)41(35)21-22-42-34(46)28-16-6-8-18-30(28)38-36(42)48-24-32(44)40-20-12-10-14-26(40)4-2/h5-8,15-18,25-26H,3-4,9-14,19-24H2,1-2H3. The van der Waals surface area contributed by atoms with Crippen LogP contribution in [-0.4, -0.2) is 77.4 Å². The van der Waals surface area contributed by atoms with E-state index in [1.54, 1.807) is 33.4 Å². The summed E-state index contributed by atoms with van der Waals surface area (Å²) in [5.41, 5.74) is 0.699. The van der Waals surface area contributed by atoms with E-state index < -0.39 is 0 Å². The SMILES string of the molecule is CCC1CCCCN1C(=O)CSc1nc2ccccc2c(=O)n1CCn1c(SCC(=O)N2CCCCC2CC)nc2ccccc2c1=O. The van der Waals surface area contributed by atoms with Gasteiger partial charge in [0.2, 0.25) is 11.8 Å². The molecule has 2 unspecified atom stereocenters. The van der Waals surface area contributed by atoms with Crippen molar-refractivity contribution < 1.29 is 9.59 Å². The number of carbonyl (C=O) groups excluding carboxylic acids is 2. The van der Waals surface area contributed by atoms with Crippen LogP contribution >= 0.6 is 23.5 Å². The van der Waals surface area contributed by atoms with Gasteiger partial charge in [0, 0.05) is 38.3 Å². The molecule has 0 radical (unpaired) electrons. The van der Waals surface area contributed by atoms with Crippen molar-refractivity contribution in [1.82, 2.24) is 28.9 Å². The molecule has 4 heterocycles. The topological polar surface area (TPSA) is 110 Å². The summed E-state index contributed by atoms with van der Waals surface area (Å²) < 4.78 is 3.16. The van der Waals surface area contributed by atoms with Crippen LogP contribution in [0.1, 0.15) is 65.2 Å². The molecule has 2 atom stereocenters. The third-order valence-corrected chi connectivity index (χ3v) is 11.6. The molecule has 6 rings (SSSR count). The highest BCUT2D eigenvalue weighted by Gasteiger charge is 2.27. The van der Waals surface area contributed by atoms with Gasteiger partial charge in [0.15, 0.2) is 10.3 Å². The Balaban J connectivity index is 1.29. The molecule has 0 N–H and O–H groups in total. The minimum Gasteiger partial charge on any atom is -0.339 e. The Morgan fingerprint density at radius 2 is 1.08 bits per heavy atom. The number of benzene rings is 2. The first-order chi connectivity index (χ1) is 23.4. The first-order valence-corrected chi connectivity index (χ1v) is 19.2. The Kier molecular flexibility index (Phi) is 11.2. The molecule has 2 aromatic carbocycles. The van der Waals surface area contributed by atoms with E-state index in [-0.39, 0.29) is 59.6 Å². The lowest BCUT2D eigenvalue weighted by molar-refractivity contribution is -0.132. The van der Waals surface area contributed by atoms with Crippen LogP contribution in [-0.2, 0) is 22.7 Å². The van der Waals surface area contributed by atoms with Crippen molar-refractivity contribution in [2.24, 2.45) is 0 Å². The van der Waals surface area contributed by atoms with Gasteiger partial charge in [0.05, 0.1) is 33.3 Å². The minimum absolute atomic E-state index is 0.0535. The van der Waals surface area contributed by atoms with Gasteiger partial charge in [-0.3, -0.25) is 28.3 Å². The lowest BCUT2D eigenvalue weighted by atomic mass is 10.0. The van der Waals surface area contributed by atoms with E-state index in [9.17, 15) is 19.2 Å². The fourth-order valence-electron chi connectivity index (χ4n) is 7.04. The first-order valence-electron chi connectivity index (χ1n) is 17.2. The van der Waals surface area contributed by atoms with E-state index in [2.05, 4.69) is 13.8 Å². The van der Waals surface area contributed by atoms with Crippen molar-refractivity contribution in [3.63, 3.8) is 0 Å². The van der Waals surface area contributed by atoms with Gasteiger partial charge in [0.1, 0.15) is 0 Å². The van der Waals surface area contributed by atoms with Gasteiger partial charge in [-0.25, -0.2) is 9.97 Å². The number of thioether (sulfide) groups is 2. The molecule has 2 fully saturated rings. The number of aromatic nitrogens is 4. The third kappa shape index (κ3) is 7.34. The first kappa shape index (κ1) is 34.2. The number of carbonyl (C=O) groups is 2. The summed E-state index contributed by atoms with van der Waals surface area (Å²) in [6.07, 6.45) is 8.16. The number of piperidine rings is 2. The highest BCUT2D eigenvalue weighted by molar-refractivity contribution is 8.00. The average molecular weight is 689 g/mol. The molecular weight excluding hydrogens is 645 g/mol. The van der Waals surface area contributed by atoms with Crippen LogP contribution in [0.5, 0.6) is 0 Å². The summed E-state index contributed by atoms with van der Waals surface area (Å²) >= 11 is 2.54. The lowest BCUT2D eigenvalue weighted by Crippen LogP contribution is -2.44. The number of amides is 2. The monoisotopic (exact) mass is 688 g/mol. The Bertz CT molecular complexity index is 1770. The number of hydrogen-bond acceptors (Lipinski definition) is 8. The zero-order chi connectivity index (χ0) is 33.6. The average Bonchev–Trinajstić information content (AvgIpc) is 3.13. The molecule has 12 heteroatoms. The zero-order valence-corrected chi connectivity index (χ0v) is 29.4. The normalized spacial score (nSPS) is 18.5. The van der Waals surface area contributed by atoms with E-state index in [0.717, 1.165) is 64.5 Å². The summed E-state index contributed by atoms with van der Waals surface area (Å²) in [5, 5.41) is 1.84. The van der Waals surface area contributed by atoms with Crippen molar-refractivity contribution in [3.8, 4) is 0 Å². The predicted molar refractivity (Wildman–Crippen MR) is 193 cm³/mol. The highest BCUT2D eigenvalue weighted by atomic mass is 32.2. The Morgan fingerprint density at radius 1 is 0.667 bits per heavy atom. The van der Waals surface area contributed by atoms with Crippen LogP contribution in [0.25, 0.3) is 21.8 Å². The maximum absolute atomic E-state index is 13.9. The van der Waals surface area contributed by atoms with Crippen molar-refractivity contribution in [3.05, 3.63) is 69.2 Å². The second kappa shape index (κ2) is 15.7. The van der Waals surface area contributed by atoms with Crippen LogP contribution in [0.2, 0.25) is 0 Å². The predicted octanol–water partition coefficient (Wildman–Crippen LogP) is 5.57. The van der Waals surface area contributed by atoms with Crippen molar-refractivity contribution in [1.29, 1.82) is 0 Å². The molecule has 48 heavy (non-hydrogen) atoms. The molecule has 2 aliphatic heterocycles. The Hall–Kier alpha value is -3.64. The highest BCUT2D eigenvalue weighted by Crippen LogP contribution is 2.25. The second-order valence-corrected chi connectivity index (χ2v) is 14.5. The Morgan fingerprint density at radius 3 is 1.50 bits per heavy atom. The number of para-hydroxylation sites is 2. The molecular formula is C36H44N6O4S2. The zero-order valence-electron chi connectivity index (χ0n) is 27.8.